The molecule has 1 aromatic heterocycles. The molecule has 2 N–H and O–H groups in total. The second-order valence-corrected chi connectivity index (χ2v) is 10.8. The minimum atomic E-state index is -0.425. The summed E-state index contributed by atoms with van der Waals surface area (Å²) in [7, 11) is 0. The van der Waals surface area contributed by atoms with Crippen molar-refractivity contribution in [1.82, 2.24) is 20.2 Å². The third-order valence-corrected chi connectivity index (χ3v) is 7.17. The summed E-state index contributed by atoms with van der Waals surface area (Å²) in [5.41, 5.74) is 7.87. The molecule has 36 heavy (non-hydrogen) atoms. The Bertz CT molecular complexity index is 1350. The molecule has 3 aromatic carbocycles. The SMILES string of the molecule is Cc1ccc(/C=N/NC(=O)C(C)Sc2nnc(CNc3ccc(I)cc3C)n2-c2ccccc2)cc1. The number of thioether (sulfide) groups is 1. The van der Waals surface area contributed by atoms with Gasteiger partial charge in [0.15, 0.2) is 11.0 Å². The number of rotatable bonds is 9. The number of aromatic nitrogens is 3. The van der Waals surface area contributed by atoms with Gasteiger partial charge in [-0.15, -0.1) is 10.2 Å². The number of hydrogen-bond acceptors (Lipinski definition) is 6. The van der Waals surface area contributed by atoms with Gasteiger partial charge in [-0.2, -0.15) is 5.10 Å². The summed E-state index contributed by atoms with van der Waals surface area (Å²) in [4.78, 5) is 12.7. The van der Waals surface area contributed by atoms with E-state index in [1.165, 1.54) is 26.5 Å². The molecule has 0 saturated carbocycles. The fourth-order valence-corrected chi connectivity index (χ4v) is 4.98. The van der Waals surface area contributed by atoms with Gasteiger partial charge in [0, 0.05) is 14.9 Å². The number of halogens is 1. The Labute approximate surface area is 228 Å². The Balaban J connectivity index is 1.48. The molecule has 7 nitrogen and oxygen atoms in total. The van der Waals surface area contributed by atoms with E-state index in [1.807, 2.05) is 73.0 Å². The van der Waals surface area contributed by atoms with Gasteiger partial charge in [0.2, 0.25) is 0 Å². The van der Waals surface area contributed by atoms with Crippen LogP contribution >= 0.6 is 34.4 Å². The minimum Gasteiger partial charge on any atom is -0.378 e. The highest BCUT2D eigenvalue weighted by Crippen LogP contribution is 2.27. The van der Waals surface area contributed by atoms with Crippen LogP contribution in [0.15, 0.2) is 83.1 Å². The van der Waals surface area contributed by atoms with Crippen molar-refractivity contribution in [2.45, 2.75) is 37.7 Å². The van der Waals surface area contributed by atoms with Gasteiger partial charge in [-0.05, 0) is 84.8 Å². The number of amides is 1. The summed E-state index contributed by atoms with van der Waals surface area (Å²) in [6.45, 7) is 6.43. The molecule has 1 heterocycles. The average molecular weight is 611 g/mol. The Morgan fingerprint density at radius 3 is 2.56 bits per heavy atom. The largest absolute Gasteiger partial charge is 0.378 e. The van der Waals surface area contributed by atoms with Crippen LogP contribution in [0.3, 0.4) is 0 Å². The van der Waals surface area contributed by atoms with Gasteiger partial charge < -0.3 is 5.32 Å². The molecule has 0 fully saturated rings. The Hall–Kier alpha value is -3.18. The first-order valence-electron chi connectivity index (χ1n) is 11.5. The molecule has 0 aliphatic rings. The lowest BCUT2D eigenvalue weighted by molar-refractivity contribution is -0.120. The molecule has 0 radical (unpaired) electrons. The fraction of sp³-hybridized carbons (Fsp3) is 0.185. The molecule has 0 spiro atoms. The molecule has 1 atom stereocenters. The Morgan fingerprint density at radius 2 is 1.83 bits per heavy atom. The number of carbonyl (C=O) groups is 1. The Morgan fingerprint density at radius 1 is 1.08 bits per heavy atom. The van der Waals surface area contributed by atoms with Gasteiger partial charge in [0.25, 0.3) is 5.91 Å². The molecule has 4 aromatic rings. The number of aryl methyl sites for hydroxylation is 2. The summed E-state index contributed by atoms with van der Waals surface area (Å²) in [5, 5.41) is 16.6. The van der Waals surface area contributed by atoms with Crippen molar-refractivity contribution in [1.29, 1.82) is 0 Å². The van der Waals surface area contributed by atoms with Gasteiger partial charge >= 0.3 is 0 Å². The van der Waals surface area contributed by atoms with Crippen LogP contribution in [0.5, 0.6) is 0 Å². The summed E-state index contributed by atoms with van der Waals surface area (Å²) < 4.78 is 3.18. The summed E-state index contributed by atoms with van der Waals surface area (Å²) in [6, 6.07) is 24.1. The molecule has 184 valence electrons. The van der Waals surface area contributed by atoms with Crippen molar-refractivity contribution >= 4 is 52.2 Å². The highest BCUT2D eigenvalue weighted by atomic mass is 127. The Kier molecular flexibility index (Phi) is 8.76. The second kappa shape index (κ2) is 12.2. The molecule has 0 bridgehead atoms. The molecule has 4 rings (SSSR count). The number of nitrogens with one attached hydrogen (secondary N) is 2. The van der Waals surface area contributed by atoms with Crippen molar-refractivity contribution in [3.63, 3.8) is 0 Å². The minimum absolute atomic E-state index is 0.208. The lowest BCUT2D eigenvalue weighted by atomic mass is 10.2. The van der Waals surface area contributed by atoms with Crippen LogP contribution in [0.1, 0.15) is 29.4 Å². The van der Waals surface area contributed by atoms with E-state index >= 15 is 0 Å². The number of anilines is 1. The van der Waals surface area contributed by atoms with E-state index in [4.69, 9.17) is 0 Å². The van der Waals surface area contributed by atoms with Crippen molar-refractivity contribution in [3.05, 3.63) is 98.9 Å². The number of hydrogen-bond donors (Lipinski definition) is 2. The van der Waals surface area contributed by atoms with E-state index in [0.29, 0.717) is 11.7 Å². The van der Waals surface area contributed by atoms with Crippen molar-refractivity contribution in [2.24, 2.45) is 5.10 Å². The summed E-state index contributed by atoms with van der Waals surface area (Å²) in [5.74, 6) is 0.548. The van der Waals surface area contributed by atoms with E-state index in [-0.39, 0.29) is 5.91 Å². The van der Waals surface area contributed by atoms with E-state index in [1.54, 1.807) is 6.21 Å². The monoisotopic (exact) mass is 610 g/mol. The summed E-state index contributed by atoms with van der Waals surface area (Å²) >= 11 is 3.65. The van der Waals surface area contributed by atoms with Crippen molar-refractivity contribution in [2.75, 3.05) is 5.32 Å². The first kappa shape index (κ1) is 25.9. The van der Waals surface area contributed by atoms with Crippen LogP contribution in [-0.2, 0) is 11.3 Å². The molecule has 0 saturated heterocycles. The zero-order valence-electron chi connectivity index (χ0n) is 20.3. The first-order valence-corrected chi connectivity index (χ1v) is 13.4. The lowest BCUT2D eigenvalue weighted by Crippen LogP contribution is -2.27. The topological polar surface area (TPSA) is 84.2 Å². The molecular weight excluding hydrogens is 583 g/mol. The van der Waals surface area contributed by atoms with E-state index < -0.39 is 5.25 Å². The molecule has 9 heteroatoms. The fourth-order valence-electron chi connectivity index (χ4n) is 3.45. The van der Waals surface area contributed by atoms with Crippen molar-refractivity contribution < 1.29 is 4.79 Å². The second-order valence-electron chi connectivity index (χ2n) is 8.29. The van der Waals surface area contributed by atoms with Gasteiger partial charge in [-0.1, -0.05) is 59.8 Å². The third-order valence-electron chi connectivity index (χ3n) is 5.46. The van der Waals surface area contributed by atoms with Crippen LogP contribution in [0.4, 0.5) is 5.69 Å². The maximum absolute atomic E-state index is 12.7. The molecular formula is C27H27IN6OS. The van der Waals surface area contributed by atoms with Gasteiger partial charge in [0.1, 0.15) is 0 Å². The highest BCUT2D eigenvalue weighted by Gasteiger charge is 2.21. The maximum atomic E-state index is 12.7. The number of benzene rings is 3. The van der Waals surface area contributed by atoms with Gasteiger partial charge in [0.05, 0.1) is 18.0 Å². The predicted molar refractivity (Wildman–Crippen MR) is 155 cm³/mol. The van der Waals surface area contributed by atoms with Crippen LogP contribution in [0.2, 0.25) is 0 Å². The number of para-hydroxylation sites is 1. The zero-order chi connectivity index (χ0) is 25.5. The van der Waals surface area contributed by atoms with Gasteiger partial charge in [-0.25, -0.2) is 5.43 Å². The van der Waals surface area contributed by atoms with E-state index in [0.717, 1.165) is 22.8 Å². The molecule has 0 aliphatic carbocycles. The van der Waals surface area contributed by atoms with E-state index in [9.17, 15) is 4.79 Å². The highest BCUT2D eigenvalue weighted by molar-refractivity contribution is 14.1. The normalized spacial score (nSPS) is 12.0. The predicted octanol–water partition coefficient (Wildman–Crippen LogP) is 5.73. The maximum Gasteiger partial charge on any atom is 0.253 e. The van der Waals surface area contributed by atoms with Crippen LogP contribution < -0.4 is 10.7 Å². The zero-order valence-corrected chi connectivity index (χ0v) is 23.2. The quantitative estimate of drug-likeness (QED) is 0.110. The first-order chi connectivity index (χ1) is 17.4. The average Bonchev–Trinajstić information content (AvgIpc) is 3.27. The smallest absolute Gasteiger partial charge is 0.253 e. The number of hydrazone groups is 1. The third kappa shape index (κ3) is 6.73. The van der Waals surface area contributed by atoms with E-state index in [2.05, 4.69) is 73.8 Å². The van der Waals surface area contributed by atoms with Crippen molar-refractivity contribution in [3.8, 4) is 5.69 Å². The summed E-state index contributed by atoms with van der Waals surface area (Å²) in [6.07, 6.45) is 1.64. The van der Waals surface area contributed by atoms with Crippen LogP contribution in [-0.4, -0.2) is 32.1 Å². The molecule has 1 amide bonds. The van der Waals surface area contributed by atoms with Crippen LogP contribution in [0, 0.1) is 17.4 Å². The van der Waals surface area contributed by atoms with Crippen LogP contribution in [0.25, 0.3) is 5.69 Å². The lowest BCUT2D eigenvalue weighted by Gasteiger charge is -2.14. The van der Waals surface area contributed by atoms with Gasteiger partial charge in [-0.3, -0.25) is 9.36 Å². The molecule has 0 aliphatic heterocycles. The number of carbonyl (C=O) groups excluding carboxylic acids is 1. The standard InChI is InChI=1S/C27H27IN6OS/c1-18-9-11-21(12-10-18)16-30-32-26(35)20(3)36-27-33-31-25(34(27)23-7-5-4-6-8-23)17-29-24-14-13-22(28)15-19(24)2/h4-16,20,29H,17H2,1-3H3,(H,32,35)/b30-16+. The molecule has 1 unspecified atom stereocenters. The number of nitrogens with zero attached hydrogens (tertiary/aromatic N) is 4.